The van der Waals surface area contributed by atoms with Gasteiger partial charge in [0.1, 0.15) is 11.6 Å². The van der Waals surface area contributed by atoms with Gasteiger partial charge in [0.25, 0.3) is 5.91 Å². The second-order valence-corrected chi connectivity index (χ2v) is 10.2. The summed E-state index contributed by atoms with van der Waals surface area (Å²) in [5.74, 6) is -4.71. The van der Waals surface area contributed by atoms with Crippen LogP contribution in [-0.4, -0.2) is 69.0 Å². The molecule has 2 N–H and O–H groups in total. The van der Waals surface area contributed by atoms with Crippen molar-refractivity contribution in [3.05, 3.63) is 59.4 Å². The molecular formula is C22H22F4N4O6S. The molecule has 4 amide bonds. The predicted octanol–water partition coefficient (Wildman–Crippen LogP) is 2.01. The van der Waals surface area contributed by atoms with E-state index in [0.717, 1.165) is 18.2 Å². The highest BCUT2D eigenvalue weighted by Gasteiger charge is 2.39. The second kappa shape index (κ2) is 11.0. The number of nitrogens with one attached hydrogen (secondary N) is 2. The fourth-order valence-corrected chi connectivity index (χ4v) is 4.63. The first-order chi connectivity index (χ1) is 17.3. The number of hydrazine groups is 1. The molecule has 1 fully saturated rings. The Kier molecular flexibility index (Phi) is 8.25. The lowest BCUT2D eigenvalue weighted by atomic mass is 10.1. The zero-order valence-electron chi connectivity index (χ0n) is 19.3. The first-order valence-corrected chi connectivity index (χ1v) is 12.5. The summed E-state index contributed by atoms with van der Waals surface area (Å²) < 4.78 is 80.7. The predicted molar refractivity (Wildman–Crippen MR) is 123 cm³/mol. The van der Waals surface area contributed by atoms with E-state index in [-0.39, 0.29) is 53.7 Å². The van der Waals surface area contributed by atoms with Crippen LogP contribution in [0.15, 0.2) is 42.5 Å². The molecule has 1 saturated heterocycles. The van der Waals surface area contributed by atoms with E-state index in [9.17, 15) is 40.4 Å². The molecule has 0 aliphatic carbocycles. The maximum Gasteiger partial charge on any atom is 0.472 e. The minimum atomic E-state index is -5.23. The Morgan fingerprint density at radius 1 is 1.05 bits per heavy atom. The van der Waals surface area contributed by atoms with Crippen molar-refractivity contribution in [3.8, 4) is 5.75 Å². The Morgan fingerprint density at radius 2 is 1.70 bits per heavy atom. The van der Waals surface area contributed by atoms with Gasteiger partial charge < -0.3 is 9.64 Å². The average Bonchev–Trinajstić information content (AvgIpc) is 2.85. The molecule has 0 bridgehead atoms. The van der Waals surface area contributed by atoms with Gasteiger partial charge in [-0.3, -0.25) is 25.3 Å². The minimum Gasteiger partial charge on any atom is -0.495 e. The Bertz CT molecular complexity index is 1290. The van der Waals surface area contributed by atoms with Crippen molar-refractivity contribution in [2.75, 3.05) is 36.6 Å². The largest absolute Gasteiger partial charge is 0.495 e. The van der Waals surface area contributed by atoms with E-state index in [1.807, 2.05) is 0 Å². The Morgan fingerprint density at radius 3 is 2.30 bits per heavy atom. The number of alkyl halides is 3. The lowest BCUT2D eigenvalue weighted by Gasteiger charge is -2.33. The normalized spacial score (nSPS) is 15.0. The average molecular weight is 546 g/mol. The van der Waals surface area contributed by atoms with Gasteiger partial charge in [-0.1, -0.05) is 18.2 Å². The summed E-state index contributed by atoms with van der Waals surface area (Å²) in [6.07, 6.45) is -5.23. The molecule has 2 aromatic carbocycles. The van der Waals surface area contributed by atoms with Gasteiger partial charge in [-0.2, -0.15) is 13.2 Å². The maximum atomic E-state index is 15.0. The number of nitrogens with zero attached hydrogens (tertiary/aromatic N) is 2. The SMILES string of the molecule is COc1ccccc1N(Cc1ccc(C(=O)NNC(=O)C(F)(F)F)cc1F)C(=O)N1CCS(=O)(=O)CC1. The van der Waals surface area contributed by atoms with Crippen molar-refractivity contribution in [1.29, 1.82) is 0 Å². The molecule has 10 nitrogen and oxygen atoms in total. The number of anilines is 1. The summed E-state index contributed by atoms with van der Waals surface area (Å²) in [6, 6.07) is 8.81. The van der Waals surface area contributed by atoms with Crippen molar-refractivity contribution in [3.63, 3.8) is 0 Å². The third-order valence-corrected chi connectivity index (χ3v) is 7.02. The number of sulfone groups is 1. The molecular weight excluding hydrogens is 524 g/mol. The van der Waals surface area contributed by atoms with Crippen LogP contribution in [0.5, 0.6) is 5.75 Å². The van der Waals surface area contributed by atoms with Gasteiger partial charge in [-0.25, -0.2) is 17.6 Å². The molecule has 15 heteroatoms. The molecule has 1 aliphatic heterocycles. The fraction of sp³-hybridized carbons (Fsp3) is 0.318. The van der Waals surface area contributed by atoms with Gasteiger partial charge in [-0.15, -0.1) is 0 Å². The number of benzene rings is 2. The van der Waals surface area contributed by atoms with E-state index < -0.39 is 39.7 Å². The van der Waals surface area contributed by atoms with Gasteiger partial charge in [0.05, 0.1) is 30.8 Å². The van der Waals surface area contributed by atoms with Gasteiger partial charge in [0, 0.05) is 24.2 Å². The number of hydrogen-bond donors (Lipinski definition) is 2. The molecule has 1 heterocycles. The first kappa shape index (κ1) is 27.7. The molecule has 3 rings (SSSR count). The highest BCUT2D eigenvalue weighted by atomic mass is 32.2. The minimum absolute atomic E-state index is 0.0558. The summed E-state index contributed by atoms with van der Waals surface area (Å²) in [5, 5.41) is 0. The highest BCUT2D eigenvalue weighted by molar-refractivity contribution is 7.91. The van der Waals surface area contributed by atoms with E-state index in [2.05, 4.69) is 0 Å². The van der Waals surface area contributed by atoms with Gasteiger partial charge in [0.2, 0.25) is 0 Å². The number of rotatable bonds is 5. The molecule has 0 saturated carbocycles. The monoisotopic (exact) mass is 546 g/mol. The van der Waals surface area contributed by atoms with Crippen molar-refractivity contribution in [2.24, 2.45) is 0 Å². The number of hydrogen-bond acceptors (Lipinski definition) is 6. The van der Waals surface area contributed by atoms with E-state index in [0.29, 0.717) is 0 Å². The fourth-order valence-electron chi connectivity index (χ4n) is 3.43. The molecule has 0 atom stereocenters. The van der Waals surface area contributed by atoms with Crippen LogP contribution in [0.1, 0.15) is 15.9 Å². The van der Waals surface area contributed by atoms with Crippen LogP contribution in [0.4, 0.5) is 28.0 Å². The summed E-state index contributed by atoms with van der Waals surface area (Å²) in [6.45, 7) is -0.461. The maximum absolute atomic E-state index is 15.0. The molecule has 37 heavy (non-hydrogen) atoms. The summed E-state index contributed by atoms with van der Waals surface area (Å²) in [5.41, 5.74) is 2.55. The number of para-hydroxylation sites is 2. The van der Waals surface area contributed by atoms with Crippen molar-refractivity contribution < 1.29 is 45.1 Å². The summed E-state index contributed by atoms with van der Waals surface area (Å²) in [7, 11) is -1.90. The molecule has 0 aromatic heterocycles. The van der Waals surface area contributed by atoms with Crippen LogP contribution >= 0.6 is 0 Å². The Balaban J connectivity index is 1.84. The number of halogens is 4. The van der Waals surface area contributed by atoms with Gasteiger partial charge in [0.15, 0.2) is 9.84 Å². The molecule has 0 radical (unpaired) electrons. The topological polar surface area (TPSA) is 125 Å². The second-order valence-electron chi connectivity index (χ2n) is 7.89. The van der Waals surface area contributed by atoms with E-state index in [4.69, 9.17) is 4.74 Å². The Labute approximate surface area is 209 Å². The van der Waals surface area contributed by atoms with Gasteiger partial charge in [-0.05, 0) is 24.3 Å². The highest BCUT2D eigenvalue weighted by Crippen LogP contribution is 2.31. The standard InChI is InChI=1S/C22H22F4N4O6S/c1-36-18-5-3-2-4-17(18)30(21(33)29-8-10-37(34,35)11-9-29)13-15-7-6-14(12-16(15)23)19(31)27-28-20(32)22(24,25)26/h2-7,12H,8-11,13H2,1H3,(H,27,31)(H,28,32). The molecule has 0 spiro atoms. The van der Waals surface area contributed by atoms with E-state index >= 15 is 0 Å². The molecule has 0 unspecified atom stereocenters. The number of carbonyl (C=O) groups excluding carboxylic acids is 3. The number of methoxy groups -OCH3 is 1. The van der Waals surface area contributed by atoms with Crippen molar-refractivity contribution >= 4 is 33.4 Å². The molecule has 2 aromatic rings. The lowest BCUT2D eigenvalue weighted by molar-refractivity contribution is -0.174. The van der Waals surface area contributed by atoms with Crippen LogP contribution in [0.3, 0.4) is 0 Å². The molecule has 1 aliphatic rings. The molecule has 200 valence electrons. The number of carbonyl (C=O) groups is 3. The van der Waals surface area contributed by atoms with E-state index in [1.165, 1.54) is 27.8 Å². The van der Waals surface area contributed by atoms with E-state index in [1.54, 1.807) is 24.3 Å². The first-order valence-electron chi connectivity index (χ1n) is 10.7. The third-order valence-electron chi connectivity index (χ3n) is 5.41. The zero-order chi connectivity index (χ0) is 27.4. The number of urea groups is 1. The summed E-state index contributed by atoms with van der Waals surface area (Å²) >= 11 is 0. The smallest absolute Gasteiger partial charge is 0.472 e. The number of amides is 4. The Hall–Kier alpha value is -3.88. The zero-order valence-corrected chi connectivity index (χ0v) is 20.2. The van der Waals surface area contributed by atoms with Crippen molar-refractivity contribution in [1.82, 2.24) is 15.8 Å². The van der Waals surface area contributed by atoms with Crippen LogP contribution in [0.2, 0.25) is 0 Å². The van der Waals surface area contributed by atoms with Crippen LogP contribution in [-0.2, 0) is 21.2 Å². The number of ether oxygens (including phenoxy) is 1. The lowest BCUT2D eigenvalue weighted by Crippen LogP contribution is -2.50. The quantitative estimate of drug-likeness (QED) is 0.437. The van der Waals surface area contributed by atoms with Gasteiger partial charge >= 0.3 is 18.1 Å². The van der Waals surface area contributed by atoms with Crippen LogP contribution in [0.25, 0.3) is 0 Å². The summed E-state index contributed by atoms with van der Waals surface area (Å²) in [4.78, 5) is 38.8. The van der Waals surface area contributed by atoms with Crippen LogP contribution < -0.4 is 20.5 Å². The third kappa shape index (κ3) is 6.87. The van der Waals surface area contributed by atoms with Crippen molar-refractivity contribution in [2.45, 2.75) is 12.7 Å². The van der Waals surface area contributed by atoms with Crippen LogP contribution in [0, 0.1) is 5.82 Å².